The van der Waals surface area contributed by atoms with E-state index in [1.54, 1.807) is 36.9 Å². The number of imidazole rings is 1. The number of hydrogen-bond donors (Lipinski definition) is 3. The molecule has 6 rings (SSSR count). The number of aromatic amines is 2. The minimum Gasteiger partial charge on any atom is -0.472 e. The van der Waals surface area contributed by atoms with Crippen molar-refractivity contribution in [3.05, 3.63) is 61.3 Å². The lowest BCUT2D eigenvalue weighted by molar-refractivity contribution is -0.116. The number of unbranched alkanes of at least 4 members (excludes halogenated alkanes) is 1. The molecule has 184 valence electrons. The number of nitrogens with one attached hydrogen (secondary N) is 3. The number of rotatable bonds is 7. The van der Waals surface area contributed by atoms with E-state index in [9.17, 15) is 4.79 Å². The van der Waals surface area contributed by atoms with E-state index in [2.05, 4.69) is 40.4 Å². The largest absolute Gasteiger partial charge is 0.472 e. The summed E-state index contributed by atoms with van der Waals surface area (Å²) >= 11 is 0. The molecular formula is C26H21FN8O2. The van der Waals surface area contributed by atoms with E-state index in [1.807, 2.05) is 6.92 Å². The fourth-order valence-corrected chi connectivity index (χ4v) is 4.20. The molecule has 11 heteroatoms. The molecule has 1 amide bonds. The number of furan rings is 1. The second kappa shape index (κ2) is 9.26. The topological polar surface area (TPSA) is 138 Å². The van der Waals surface area contributed by atoms with Crippen LogP contribution in [-0.4, -0.2) is 41.0 Å². The normalized spacial score (nSPS) is 11.4. The average Bonchev–Trinajstić information content (AvgIpc) is 3.67. The summed E-state index contributed by atoms with van der Waals surface area (Å²) in [7, 11) is 0. The van der Waals surface area contributed by atoms with Crippen LogP contribution < -0.4 is 5.32 Å². The highest BCUT2D eigenvalue weighted by Gasteiger charge is 2.22. The lowest BCUT2D eigenvalue weighted by Gasteiger charge is -2.08. The Labute approximate surface area is 209 Å². The van der Waals surface area contributed by atoms with Gasteiger partial charge in [-0.1, -0.05) is 13.3 Å². The van der Waals surface area contributed by atoms with E-state index in [-0.39, 0.29) is 17.0 Å². The van der Waals surface area contributed by atoms with Gasteiger partial charge in [0, 0.05) is 29.9 Å². The van der Waals surface area contributed by atoms with Crippen molar-refractivity contribution in [1.29, 1.82) is 0 Å². The van der Waals surface area contributed by atoms with E-state index in [0.29, 0.717) is 45.9 Å². The number of hydrogen-bond acceptors (Lipinski definition) is 7. The molecule has 0 atom stereocenters. The second-order valence-corrected chi connectivity index (χ2v) is 8.55. The lowest BCUT2D eigenvalue weighted by Crippen LogP contribution is -2.11. The maximum atomic E-state index is 15.9. The zero-order valence-electron chi connectivity index (χ0n) is 19.7. The molecular weight excluding hydrogens is 475 g/mol. The molecule has 0 spiro atoms. The van der Waals surface area contributed by atoms with Gasteiger partial charge in [-0.15, -0.1) is 0 Å². The van der Waals surface area contributed by atoms with Crippen LogP contribution in [0.2, 0.25) is 0 Å². The van der Waals surface area contributed by atoms with Gasteiger partial charge in [0.05, 0.1) is 47.0 Å². The number of halogens is 1. The predicted octanol–water partition coefficient (Wildman–Crippen LogP) is 5.49. The first-order chi connectivity index (χ1) is 18.1. The maximum absolute atomic E-state index is 15.9. The Balaban J connectivity index is 1.41. The molecule has 0 aliphatic carbocycles. The number of anilines is 1. The molecule has 0 fully saturated rings. The summed E-state index contributed by atoms with van der Waals surface area (Å²) in [5.74, 6) is -0.313. The molecule has 0 aliphatic heterocycles. The van der Waals surface area contributed by atoms with Gasteiger partial charge in [0.25, 0.3) is 0 Å². The average molecular weight is 497 g/mol. The summed E-state index contributed by atoms with van der Waals surface area (Å²) in [6, 6.07) is 5.24. The third kappa shape index (κ3) is 4.10. The van der Waals surface area contributed by atoms with Crippen LogP contribution in [0.3, 0.4) is 0 Å². The van der Waals surface area contributed by atoms with Crippen LogP contribution in [0.4, 0.5) is 10.1 Å². The highest BCUT2D eigenvalue weighted by molar-refractivity contribution is 5.97. The summed E-state index contributed by atoms with van der Waals surface area (Å²) in [5, 5.41) is 10.2. The van der Waals surface area contributed by atoms with Crippen molar-refractivity contribution in [2.45, 2.75) is 26.2 Å². The van der Waals surface area contributed by atoms with Gasteiger partial charge < -0.3 is 14.7 Å². The smallest absolute Gasteiger partial charge is 0.224 e. The summed E-state index contributed by atoms with van der Waals surface area (Å²) in [5.41, 5.74) is 4.47. The molecule has 0 aliphatic rings. The fraction of sp³-hybridized carbons (Fsp3) is 0.154. The number of carbonyl (C=O) groups excluding carboxylic acids is 1. The van der Waals surface area contributed by atoms with Crippen LogP contribution in [0.25, 0.3) is 56.0 Å². The van der Waals surface area contributed by atoms with Crippen molar-refractivity contribution in [3.63, 3.8) is 0 Å². The standard InChI is InChI=1S/C26H21FN8O2/c1-2-3-4-19(36)31-16-9-15(10-28-11-16)22-21(27)20-18(12-30-22)34-35-25(20)26-32-17-5-7-29-23(24(17)33-26)14-6-8-37-13-14/h5-13H,2-4H2,1H3,(H,31,36)(H,32,33)(H,34,35). The fourth-order valence-electron chi connectivity index (χ4n) is 4.20. The van der Waals surface area contributed by atoms with Crippen LogP contribution in [0, 0.1) is 5.82 Å². The monoisotopic (exact) mass is 496 g/mol. The first kappa shape index (κ1) is 22.5. The number of fused-ring (bicyclic) bond motifs is 2. The van der Waals surface area contributed by atoms with Crippen LogP contribution in [0.15, 0.2) is 59.9 Å². The summed E-state index contributed by atoms with van der Waals surface area (Å²) in [4.78, 5) is 32.9. The zero-order valence-corrected chi connectivity index (χ0v) is 19.7. The summed E-state index contributed by atoms with van der Waals surface area (Å²) in [6.45, 7) is 2.02. The van der Waals surface area contributed by atoms with Crippen molar-refractivity contribution in [1.82, 2.24) is 35.1 Å². The number of H-pyrrole nitrogens is 2. The Morgan fingerprint density at radius 2 is 2.00 bits per heavy atom. The predicted molar refractivity (Wildman–Crippen MR) is 136 cm³/mol. The van der Waals surface area contributed by atoms with E-state index in [0.717, 1.165) is 23.9 Å². The number of amides is 1. The Bertz CT molecular complexity index is 1740. The van der Waals surface area contributed by atoms with Crippen molar-refractivity contribution in [3.8, 4) is 34.0 Å². The van der Waals surface area contributed by atoms with E-state index in [1.165, 1.54) is 18.6 Å². The molecule has 6 heterocycles. The minimum absolute atomic E-state index is 0.0872. The van der Waals surface area contributed by atoms with Crippen LogP contribution >= 0.6 is 0 Å². The molecule has 6 aromatic heterocycles. The Hall–Kier alpha value is -4.93. The van der Waals surface area contributed by atoms with E-state index >= 15 is 4.39 Å². The SMILES string of the molecule is CCCCC(=O)Nc1cncc(-c2ncc3[nH]nc(-c4nc5c(-c6ccoc6)nccc5[nH]4)c3c2F)c1. The van der Waals surface area contributed by atoms with Gasteiger partial charge in [0.1, 0.15) is 22.6 Å². The molecule has 0 radical (unpaired) electrons. The molecule has 0 aromatic carbocycles. The quantitative estimate of drug-likeness (QED) is 0.266. The first-order valence-corrected chi connectivity index (χ1v) is 11.8. The Morgan fingerprint density at radius 3 is 2.84 bits per heavy atom. The molecule has 6 aromatic rings. The lowest BCUT2D eigenvalue weighted by atomic mass is 10.1. The molecule has 3 N–H and O–H groups in total. The number of carbonyl (C=O) groups is 1. The molecule has 37 heavy (non-hydrogen) atoms. The van der Waals surface area contributed by atoms with Crippen molar-refractivity contribution in [2.24, 2.45) is 0 Å². The van der Waals surface area contributed by atoms with Gasteiger partial charge >= 0.3 is 0 Å². The maximum Gasteiger partial charge on any atom is 0.224 e. The number of aromatic nitrogens is 7. The highest BCUT2D eigenvalue weighted by atomic mass is 19.1. The first-order valence-electron chi connectivity index (χ1n) is 11.8. The van der Waals surface area contributed by atoms with Gasteiger partial charge in [-0.25, -0.2) is 9.37 Å². The molecule has 0 saturated carbocycles. The van der Waals surface area contributed by atoms with Crippen molar-refractivity contribution >= 4 is 33.5 Å². The van der Waals surface area contributed by atoms with Crippen molar-refractivity contribution < 1.29 is 13.6 Å². The van der Waals surface area contributed by atoms with Crippen molar-refractivity contribution in [2.75, 3.05) is 5.32 Å². The van der Waals surface area contributed by atoms with Gasteiger partial charge in [-0.2, -0.15) is 5.10 Å². The van der Waals surface area contributed by atoms with E-state index < -0.39 is 5.82 Å². The summed E-state index contributed by atoms with van der Waals surface area (Å²) in [6.07, 6.45) is 11.5. The highest BCUT2D eigenvalue weighted by Crippen LogP contribution is 2.34. The molecule has 10 nitrogen and oxygen atoms in total. The Kier molecular flexibility index (Phi) is 5.64. The van der Waals surface area contributed by atoms with Crippen LogP contribution in [0.1, 0.15) is 26.2 Å². The van der Waals surface area contributed by atoms with Gasteiger partial charge in [-0.05, 0) is 24.6 Å². The summed E-state index contributed by atoms with van der Waals surface area (Å²) < 4.78 is 21.1. The minimum atomic E-state index is -0.578. The number of nitrogens with zero attached hydrogens (tertiary/aromatic N) is 5. The Morgan fingerprint density at radius 1 is 1.08 bits per heavy atom. The number of pyridine rings is 3. The van der Waals surface area contributed by atoms with Crippen LogP contribution in [0.5, 0.6) is 0 Å². The van der Waals surface area contributed by atoms with Crippen LogP contribution in [-0.2, 0) is 4.79 Å². The molecule has 0 bridgehead atoms. The van der Waals surface area contributed by atoms with E-state index in [4.69, 9.17) is 4.42 Å². The molecule has 0 unspecified atom stereocenters. The molecule has 0 saturated heterocycles. The van der Waals surface area contributed by atoms with Gasteiger partial charge in [0.2, 0.25) is 5.91 Å². The third-order valence-electron chi connectivity index (χ3n) is 6.02. The zero-order chi connectivity index (χ0) is 25.4. The van der Waals surface area contributed by atoms with Gasteiger partial charge in [0.15, 0.2) is 11.6 Å². The third-order valence-corrected chi connectivity index (χ3v) is 6.02. The second-order valence-electron chi connectivity index (χ2n) is 8.55. The van der Waals surface area contributed by atoms with Gasteiger partial charge in [-0.3, -0.25) is 24.8 Å².